The molecule has 1 heterocycles. The average molecular weight is 359 g/mol. The summed E-state index contributed by atoms with van der Waals surface area (Å²) in [5.41, 5.74) is 3.63. The molecular formula is C19H25N3O4. The van der Waals surface area contributed by atoms with Crippen LogP contribution in [-0.2, 0) is 20.8 Å². The highest BCUT2D eigenvalue weighted by Crippen LogP contribution is 2.11. The molecule has 0 aliphatic heterocycles. The molecule has 0 N–H and O–H groups in total. The van der Waals surface area contributed by atoms with E-state index >= 15 is 0 Å². The standard InChI is InChI=1S/C19H25N3O4/c1-14-11-15(2)22(20-14)12-16-5-7-17(8-6-16)19(24)21(9-10-25-3)13-18(23)26-4/h5-8,11H,9-10,12-13H2,1-4H3. The molecule has 2 rings (SSSR count). The number of methoxy groups -OCH3 is 2. The number of aromatic nitrogens is 2. The minimum absolute atomic E-state index is 0.105. The van der Waals surface area contributed by atoms with Gasteiger partial charge in [-0.1, -0.05) is 12.1 Å². The highest BCUT2D eigenvalue weighted by atomic mass is 16.5. The van der Waals surface area contributed by atoms with Gasteiger partial charge < -0.3 is 14.4 Å². The highest BCUT2D eigenvalue weighted by molar-refractivity contribution is 5.96. The Morgan fingerprint density at radius 3 is 2.38 bits per heavy atom. The summed E-state index contributed by atoms with van der Waals surface area (Å²) in [7, 11) is 2.85. The molecule has 0 spiro atoms. The van der Waals surface area contributed by atoms with E-state index in [-0.39, 0.29) is 12.5 Å². The van der Waals surface area contributed by atoms with Crippen molar-refractivity contribution in [2.45, 2.75) is 20.4 Å². The molecule has 1 aromatic heterocycles. The van der Waals surface area contributed by atoms with Crippen molar-refractivity contribution in [2.75, 3.05) is 33.9 Å². The normalized spacial score (nSPS) is 10.6. The van der Waals surface area contributed by atoms with Gasteiger partial charge in [-0.15, -0.1) is 0 Å². The number of aryl methyl sites for hydroxylation is 2. The molecule has 1 aromatic carbocycles. The molecule has 0 unspecified atom stereocenters. The van der Waals surface area contributed by atoms with Gasteiger partial charge in [-0.2, -0.15) is 5.10 Å². The molecule has 26 heavy (non-hydrogen) atoms. The van der Waals surface area contributed by atoms with Crippen molar-refractivity contribution in [3.05, 3.63) is 52.8 Å². The zero-order chi connectivity index (χ0) is 19.1. The molecule has 0 bridgehead atoms. The van der Waals surface area contributed by atoms with Crippen LogP contribution in [0.15, 0.2) is 30.3 Å². The minimum Gasteiger partial charge on any atom is -0.468 e. The molecule has 0 atom stereocenters. The SMILES string of the molecule is COCCN(CC(=O)OC)C(=O)c1ccc(Cn2nc(C)cc2C)cc1. The second kappa shape index (κ2) is 9.15. The zero-order valence-corrected chi connectivity index (χ0v) is 15.7. The average Bonchev–Trinajstić information content (AvgIpc) is 2.95. The fraction of sp³-hybridized carbons (Fsp3) is 0.421. The Kier molecular flexibility index (Phi) is 6.91. The van der Waals surface area contributed by atoms with E-state index in [1.165, 1.54) is 12.0 Å². The van der Waals surface area contributed by atoms with Gasteiger partial charge in [0.25, 0.3) is 5.91 Å². The molecule has 0 radical (unpaired) electrons. The first-order valence-corrected chi connectivity index (χ1v) is 8.39. The summed E-state index contributed by atoms with van der Waals surface area (Å²) < 4.78 is 11.6. The van der Waals surface area contributed by atoms with Crippen molar-refractivity contribution in [2.24, 2.45) is 0 Å². The van der Waals surface area contributed by atoms with Crippen LogP contribution in [-0.4, -0.2) is 60.5 Å². The van der Waals surface area contributed by atoms with Crippen LogP contribution in [0.4, 0.5) is 0 Å². The fourth-order valence-electron chi connectivity index (χ4n) is 2.62. The van der Waals surface area contributed by atoms with Crippen LogP contribution in [0, 0.1) is 13.8 Å². The molecular weight excluding hydrogens is 334 g/mol. The number of carbonyl (C=O) groups excluding carboxylic acids is 2. The monoisotopic (exact) mass is 359 g/mol. The number of amides is 1. The molecule has 7 heteroatoms. The number of esters is 1. The Balaban J connectivity index is 2.09. The lowest BCUT2D eigenvalue weighted by Gasteiger charge is -2.21. The first-order valence-electron chi connectivity index (χ1n) is 8.39. The molecule has 0 fully saturated rings. The van der Waals surface area contributed by atoms with Gasteiger partial charge in [0.05, 0.1) is 26.0 Å². The smallest absolute Gasteiger partial charge is 0.325 e. The number of nitrogens with zero attached hydrogens (tertiary/aromatic N) is 3. The van der Waals surface area contributed by atoms with E-state index in [4.69, 9.17) is 4.74 Å². The van der Waals surface area contributed by atoms with Gasteiger partial charge in [0.2, 0.25) is 0 Å². The first kappa shape index (κ1) is 19.7. The number of rotatable bonds is 8. The lowest BCUT2D eigenvalue weighted by molar-refractivity contribution is -0.141. The summed E-state index contributed by atoms with van der Waals surface area (Å²) in [4.78, 5) is 25.6. The number of benzene rings is 1. The van der Waals surface area contributed by atoms with Crippen LogP contribution in [0.1, 0.15) is 27.3 Å². The van der Waals surface area contributed by atoms with Crippen molar-refractivity contribution >= 4 is 11.9 Å². The van der Waals surface area contributed by atoms with Crippen molar-refractivity contribution < 1.29 is 19.1 Å². The maximum Gasteiger partial charge on any atom is 0.325 e. The molecule has 140 valence electrons. The van der Waals surface area contributed by atoms with Gasteiger partial charge >= 0.3 is 5.97 Å². The van der Waals surface area contributed by atoms with Gasteiger partial charge in [0, 0.05) is 24.9 Å². The molecule has 0 saturated heterocycles. The third-order valence-electron chi connectivity index (χ3n) is 4.04. The van der Waals surface area contributed by atoms with Crippen LogP contribution in [0.3, 0.4) is 0 Å². The number of hydrogen-bond acceptors (Lipinski definition) is 5. The Morgan fingerprint density at radius 2 is 1.85 bits per heavy atom. The van der Waals surface area contributed by atoms with Gasteiger partial charge in [-0.25, -0.2) is 0 Å². The van der Waals surface area contributed by atoms with Gasteiger partial charge in [-0.05, 0) is 37.6 Å². The topological polar surface area (TPSA) is 73.7 Å². The number of hydrogen-bond donors (Lipinski definition) is 0. The summed E-state index contributed by atoms with van der Waals surface area (Å²) in [5, 5.41) is 4.44. The number of ether oxygens (including phenoxy) is 2. The van der Waals surface area contributed by atoms with Crippen molar-refractivity contribution in [3.63, 3.8) is 0 Å². The highest BCUT2D eigenvalue weighted by Gasteiger charge is 2.19. The lowest BCUT2D eigenvalue weighted by atomic mass is 10.1. The summed E-state index contributed by atoms with van der Waals surface area (Å²) in [6.45, 7) is 5.17. The second-order valence-corrected chi connectivity index (χ2v) is 6.08. The van der Waals surface area contributed by atoms with E-state index in [0.717, 1.165) is 17.0 Å². The molecule has 0 saturated carbocycles. The maximum atomic E-state index is 12.7. The zero-order valence-electron chi connectivity index (χ0n) is 15.7. The molecule has 2 aromatic rings. The van der Waals surface area contributed by atoms with E-state index in [2.05, 4.69) is 9.84 Å². The van der Waals surface area contributed by atoms with Gasteiger partial charge in [0.15, 0.2) is 0 Å². The largest absolute Gasteiger partial charge is 0.468 e. The Hall–Kier alpha value is -2.67. The second-order valence-electron chi connectivity index (χ2n) is 6.08. The molecule has 1 amide bonds. The Bertz CT molecular complexity index is 753. The van der Waals surface area contributed by atoms with E-state index in [9.17, 15) is 9.59 Å². The van der Waals surface area contributed by atoms with E-state index in [1.807, 2.05) is 36.7 Å². The van der Waals surface area contributed by atoms with Gasteiger partial charge in [-0.3, -0.25) is 14.3 Å². The number of carbonyl (C=O) groups is 2. The quantitative estimate of drug-likeness (QED) is 0.672. The first-order chi connectivity index (χ1) is 12.4. The van der Waals surface area contributed by atoms with Gasteiger partial charge in [0.1, 0.15) is 6.54 Å². The third-order valence-corrected chi connectivity index (χ3v) is 4.04. The molecule has 0 aliphatic rings. The van der Waals surface area contributed by atoms with Crippen LogP contribution >= 0.6 is 0 Å². The summed E-state index contributed by atoms with van der Waals surface area (Å²) >= 11 is 0. The van der Waals surface area contributed by atoms with E-state index in [0.29, 0.717) is 25.3 Å². The Morgan fingerprint density at radius 1 is 1.15 bits per heavy atom. The predicted molar refractivity (Wildman–Crippen MR) is 97.0 cm³/mol. The predicted octanol–water partition coefficient (Wildman–Crippen LogP) is 1.81. The van der Waals surface area contributed by atoms with E-state index in [1.54, 1.807) is 19.2 Å². The summed E-state index contributed by atoms with van der Waals surface area (Å²) in [6.07, 6.45) is 0. The molecule has 0 aliphatic carbocycles. The van der Waals surface area contributed by atoms with Crippen molar-refractivity contribution in [3.8, 4) is 0 Å². The van der Waals surface area contributed by atoms with Crippen molar-refractivity contribution in [1.29, 1.82) is 0 Å². The summed E-state index contributed by atoms with van der Waals surface area (Å²) in [6, 6.07) is 9.35. The Labute approximate surface area is 153 Å². The van der Waals surface area contributed by atoms with Crippen LogP contribution in [0.25, 0.3) is 0 Å². The van der Waals surface area contributed by atoms with Crippen LogP contribution in [0.5, 0.6) is 0 Å². The van der Waals surface area contributed by atoms with Crippen molar-refractivity contribution in [1.82, 2.24) is 14.7 Å². The van der Waals surface area contributed by atoms with Crippen LogP contribution in [0.2, 0.25) is 0 Å². The third kappa shape index (κ3) is 5.16. The maximum absolute atomic E-state index is 12.7. The van der Waals surface area contributed by atoms with E-state index < -0.39 is 5.97 Å². The molecule has 7 nitrogen and oxygen atoms in total. The minimum atomic E-state index is -0.462. The van der Waals surface area contributed by atoms with Crippen LogP contribution < -0.4 is 0 Å². The summed E-state index contributed by atoms with van der Waals surface area (Å²) in [5.74, 6) is -0.694. The lowest BCUT2D eigenvalue weighted by Crippen LogP contribution is -2.38. The fourth-order valence-corrected chi connectivity index (χ4v) is 2.62.